The van der Waals surface area contributed by atoms with Crippen LogP contribution >= 0.6 is 34.4 Å². The Hall–Kier alpha value is -1.01. The van der Waals surface area contributed by atoms with Gasteiger partial charge in [0.05, 0.1) is 18.2 Å². The summed E-state index contributed by atoms with van der Waals surface area (Å²) in [4.78, 5) is 5.03. The van der Waals surface area contributed by atoms with Gasteiger partial charge >= 0.3 is 0 Å². The van der Waals surface area contributed by atoms with Crippen LogP contribution in [0.25, 0.3) is 0 Å². The lowest BCUT2D eigenvalue weighted by atomic mass is 10.0. The van der Waals surface area contributed by atoms with Crippen LogP contribution in [0.1, 0.15) is 23.6 Å². The fraction of sp³-hybridized carbons (Fsp3) is 0.278. The third kappa shape index (κ3) is 3.49. The highest BCUT2D eigenvalue weighted by Gasteiger charge is 2.27. The van der Waals surface area contributed by atoms with Gasteiger partial charge in [0, 0.05) is 20.8 Å². The number of para-hydroxylation sites is 1. The summed E-state index contributed by atoms with van der Waals surface area (Å²) in [5.41, 5.74) is 2.40. The molecule has 0 saturated carbocycles. The van der Waals surface area contributed by atoms with E-state index >= 15 is 0 Å². The molecular weight excluding hydrogens is 405 g/mol. The van der Waals surface area contributed by atoms with E-state index in [1.165, 1.54) is 11.1 Å². The molecule has 0 spiro atoms. The second-order valence-corrected chi connectivity index (χ2v) is 7.36. The van der Waals surface area contributed by atoms with Crippen LogP contribution in [0.15, 0.2) is 59.6 Å². The van der Waals surface area contributed by atoms with E-state index in [1.54, 1.807) is 7.11 Å². The van der Waals surface area contributed by atoms with Crippen LogP contribution < -0.4 is 4.74 Å². The van der Waals surface area contributed by atoms with Gasteiger partial charge in [0.25, 0.3) is 0 Å². The minimum atomic E-state index is 0.173. The molecule has 0 aromatic heterocycles. The Labute approximate surface area is 149 Å². The van der Waals surface area contributed by atoms with Gasteiger partial charge in [-0.25, -0.2) is 0 Å². The molecule has 0 radical (unpaired) electrons. The van der Waals surface area contributed by atoms with Crippen LogP contribution in [0.5, 0.6) is 5.75 Å². The van der Waals surface area contributed by atoms with Gasteiger partial charge in [-0.15, -0.1) is 11.8 Å². The molecule has 3 rings (SSSR count). The average Bonchev–Trinajstić information content (AvgIpc) is 2.62. The van der Waals surface area contributed by atoms with Crippen molar-refractivity contribution in [3.63, 3.8) is 0 Å². The molecule has 0 amide bonds. The number of hydrogen-bond acceptors (Lipinski definition) is 3. The monoisotopic (exact) mass is 423 g/mol. The maximum absolute atomic E-state index is 5.53. The van der Waals surface area contributed by atoms with E-state index in [1.807, 2.05) is 30.0 Å². The molecule has 2 aromatic carbocycles. The Balaban J connectivity index is 1.99. The van der Waals surface area contributed by atoms with Crippen LogP contribution in [0.2, 0.25) is 0 Å². The zero-order valence-corrected chi connectivity index (χ0v) is 15.4. The first kappa shape index (κ1) is 15.9. The molecule has 2 nitrogen and oxygen atoms in total. The van der Waals surface area contributed by atoms with Crippen molar-refractivity contribution in [2.75, 3.05) is 11.5 Å². The van der Waals surface area contributed by atoms with Crippen LogP contribution in [0.4, 0.5) is 0 Å². The fourth-order valence-corrected chi connectivity index (χ4v) is 4.65. The molecule has 4 heteroatoms. The first-order valence-electron chi connectivity index (χ1n) is 7.30. The summed E-state index contributed by atoms with van der Waals surface area (Å²) in [5, 5.41) is 1.73. The molecule has 0 unspecified atom stereocenters. The van der Waals surface area contributed by atoms with E-state index in [9.17, 15) is 0 Å². The van der Waals surface area contributed by atoms with Crippen LogP contribution in [0, 0.1) is 0 Å². The molecule has 0 saturated heterocycles. The smallest absolute Gasteiger partial charge is 0.124 e. The Morgan fingerprint density at radius 1 is 1.14 bits per heavy atom. The highest BCUT2D eigenvalue weighted by Crippen LogP contribution is 2.40. The van der Waals surface area contributed by atoms with Gasteiger partial charge in [0.15, 0.2) is 0 Å². The van der Waals surface area contributed by atoms with E-state index in [0.29, 0.717) is 5.25 Å². The molecule has 0 N–H and O–H groups in total. The van der Waals surface area contributed by atoms with Crippen molar-refractivity contribution in [2.45, 2.75) is 17.7 Å². The van der Waals surface area contributed by atoms with E-state index in [4.69, 9.17) is 9.73 Å². The molecule has 1 aliphatic rings. The van der Waals surface area contributed by atoms with Crippen LogP contribution in [0.3, 0.4) is 0 Å². The van der Waals surface area contributed by atoms with Crippen LogP contribution in [-0.2, 0) is 0 Å². The zero-order chi connectivity index (χ0) is 15.4. The highest BCUT2D eigenvalue weighted by molar-refractivity contribution is 14.1. The average molecular weight is 423 g/mol. The minimum Gasteiger partial charge on any atom is -0.496 e. The van der Waals surface area contributed by atoms with Crippen molar-refractivity contribution in [2.24, 2.45) is 4.99 Å². The molecule has 1 heterocycles. The number of aliphatic imine (C=N–C) groups is 1. The summed E-state index contributed by atoms with van der Waals surface area (Å²) in [7, 11) is 1.73. The van der Waals surface area contributed by atoms with Gasteiger partial charge in [0.2, 0.25) is 0 Å². The lowest BCUT2D eigenvalue weighted by molar-refractivity contribution is 0.404. The molecule has 0 bridgehead atoms. The van der Waals surface area contributed by atoms with Gasteiger partial charge in [-0.1, -0.05) is 71.1 Å². The van der Waals surface area contributed by atoms with E-state index < -0.39 is 0 Å². The normalized spacial score (nSPS) is 21.3. The number of methoxy groups -OCH3 is 1. The summed E-state index contributed by atoms with van der Waals surface area (Å²) < 4.78 is 6.66. The molecule has 114 valence electrons. The number of benzene rings is 2. The summed E-state index contributed by atoms with van der Waals surface area (Å²) >= 11 is 4.37. The van der Waals surface area contributed by atoms with Crippen LogP contribution in [-0.4, -0.2) is 21.8 Å². The maximum atomic E-state index is 5.53. The van der Waals surface area contributed by atoms with Crippen molar-refractivity contribution in [1.82, 2.24) is 0 Å². The predicted octanol–water partition coefficient (Wildman–Crippen LogP) is 5.12. The van der Waals surface area contributed by atoms with Crippen molar-refractivity contribution < 1.29 is 4.74 Å². The van der Waals surface area contributed by atoms with Gasteiger partial charge in [-0.2, -0.15) is 0 Å². The fourth-order valence-electron chi connectivity index (χ4n) is 2.64. The quantitative estimate of drug-likeness (QED) is 0.503. The Morgan fingerprint density at radius 3 is 2.59 bits per heavy atom. The van der Waals surface area contributed by atoms with Gasteiger partial charge in [-0.3, -0.25) is 4.99 Å². The number of rotatable bonds is 4. The highest BCUT2D eigenvalue weighted by atomic mass is 127. The second kappa shape index (κ2) is 7.51. The zero-order valence-electron chi connectivity index (χ0n) is 12.4. The summed E-state index contributed by atoms with van der Waals surface area (Å²) in [6, 6.07) is 18.9. The number of hydrogen-bond donors (Lipinski definition) is 0. The third-order valence-electron chi connectivity index (χ3n) is 3.73. The van der Waals surface area contributed by atoms with Crippen molar-refractivity contribution in [1.29, 1.82) is 0 Å². The number of halogens is 1. The molecule has 0 aliphatic carbocycles. The standard InChI is InChI=1S/C18H18INOS/c1-21-17-10-6-5-9-15(17)16-11-14(12-19)22-18(20-16)13-7-3-2-4-8-13/h2-10,14,16H,11-12H2,1H3/t14-,16+/m1/s1. The summed E-state index contributed by atoms with van der Waals surface area (Å²) in [5.74, 6) is 0.933. The molecule has 0 fully saturated rings. The molecule has 22 heavy (non-hydrogen) atoms. The third-order valence-corrected chi connectivity index (χ3v) is 6.65. The van der Waals surface area contributed by atoms with E-state index in [-0.39, 0.29) is 6.04 Å². The maximum Gasteiger partial charge on any atom is 0.124 e. The lowest BCUT2D eigenvalue weighted by Gasteiger charge is -2.27. The predicted molar refractivity (Wildman–Crippen MR) is 104 cm³/mol. The summed E-state index contributed by atoms with van der Waals surface area (Å²) in [6.07, 6.45) is 1.06. The van der Waals surface area contributed by atoms with Crippen molar-refractivity contribution in [3.8, 4) is 5.75 Å². The molecule has 2 aromatic rings. The number of ether oxygens (including phenoxy) is 1. The number of alkyl halides is 1. The lowest BCUT2D eigenvalue weighted by Crippen LogP contribution is -2.19. The second-order valence-electron chi connectivity index (χ2n) is 5.19. The largest absolute Gasteiger partial charge is 0.496 e. The minimum absolute atomic E-state index is 0.173. The van der Waals surface area contributed by atoms with Crippen molar-refractivity contribution in [3.05, 3.63) is 65.7 Å². The Kier molecular flexibility index (Phi) is 5.41. The number of thioether (sulfide) groups is 1. The van der Waals surface area contributed by atoms with Crippen molar-refractivity contribution >= 4 is 39.4 Å². The molecule has 2 atom stereocenters. The summed E-state index contributed by atoms with van der Waals surface area (Å²) in [6.45, 7) is 0. The first-order valence-corrected chi connectivity index (χ1v) is 9.71. The molecular formula is C18H18INOS. The van der Waals surface area contributed by atoms with E-state index in [2.05, 4.69) is 59.0 Å². The van der Waals surface area contributed by atoms with E-state index in [0.717, 1.165) is 21.6 Å². The van der Waals surface area contributed by atoms with Gasteiger partial charge in [0.1, 0.15) is 5.75 Å². The first-order chi connectivity index (χ1) is 10.8. The topological polar surface area (TPSA) is 21.6 Å². The number of nitrogens with zero attached hydrogens (tertiary/aromatic N) is 1. The molecule has 1 aliphatic heterocycles. The van der Waals surface area contributed by atoms with Gasteiger partial charge in [-0.05, 0) is 12.5 Å². The Bertz CT molecular complexity index is 659. The SMILES string of the molecule is COc1ccccc1[C@@H]1C[C@H](CI)SC(c2ccccc2)=N1. The van der Waals surface area contributed by atoms with Gasteiger partial charge < -0.3 is 4.74 Å². The Morgan fingerprint density at radius 2 is 1.86 bits per heavy atom.